The number of thioether (sulfide) groups is 1. The maximum atomic E-state index is 6.28. The highest BCUT2D eigenvalue weighted by molar-refractivity contribution is 7.99. The summed E-state index contributed by atoms with van der Waals surface area (Å²) < 4.78 is 0. The number of rotatable bonds is 6. The molecule has 1 aromatic rings. The van der Waals surface area contributed by atoms with Crippen LogP contribution in [0.25, 0.3) is 0 Å². The fourth-order valence-corrected chi connectivity index (χ4v) is 2.95. The third-order valence-electron chi connectivity index (χ3n) is 2.62. The van der Waals surface area contributed by atoms with Crippen molar-refractivity contribution in [3.8, 4) is 0 Å². The molecule has 0 saturated carbocycles. The number of hydrogen-bond donors (Lipinski definition) is 1. The summed E-state index contributed by atoms with van der Waals surface area (Å²) in [6, 6.07) is 6.35. The lowest BCUT2D eigenvalue weighted by Crippen LogP contribution is -2.21. The summed E-state index contributed by atoms with van der Waals surface area (Å²) in [6.45, 7) is 6.57. The summed E-state index contributed by atoms with van der Waals surface area (Å²) in [6.07, 6.45) is 1.91. The van der Waals surface area contributed by atoms with Crippen molar-refractivity contribution in [3.05, 3.63) is 28.8 Å². The van der Waals surface area contributed by atoms with Gasteiger partial charge in [-0.05, 0) is 30.4 Å². The predicted octanol–water partition coefficient (Wildman–Crippen LogP) is 4.37. The van der Waals surface area contributed by atoms with E-state index >= 15 is 0 Å². The molecule has 0 radical (unpaired) electrons. The Morgan fingerprint density at radius 3 is 2.65 bits per heavy atom. The van der Waals surface area contributed by atoms with E-state index in [-0.39, 0.29) is 6.04 Å². The van der Waals surface area contributed by atoms with Crippen molar-refractivity contribution in [2.45, 2.75) is 44.6 Å². The van der Waals surface area contributed by atoms with Crippen LogP contribution in [0.1, 0.15) is 32.8 Å². The summed E-state index contributed by atoms with van der Waals surface area (Å²) in [7, 11) is 0. The maximum Gasteiger partial charge on any atom is 0.0544 e. The Balaban J connectivity index is 2.84. The molecule has 0 amide bonds. The van der Waals surface area contributed by atoms with Gasteiger partial charge in [0.05, 0.1) is 5.02 Å². The Kier molecular flexibility index (Phi) is 6.39. The van der Waals surface area contributed by atoms with Crippen LogP contribution in [0.4, 0.5) is 0 Å². The monoisotopic (exact) mass is 271 g/mol. The molecule has 1 aromatic carbocycles. The van der Waals surface area contributed by atoms with E-state index < -0.39 is 0 Å². The van der Waals surface area contributed by atoms with Gasteiger partial charge in [-0.15, -0.1) is 11.8 Å². The minimum Gasteiger partial charge on any atom is -0.327 e. The fourth-order valence-electron chi connectivity index (χ4n) is 1.55. The van der Waals surface area contributed by atoms with Crippen LogP contribution in [0.2, 0.25) is 5.02 Å². The second-order valence-electron chi connectivity index (χ2n) is 4.81. The molecule has 1 atom stereocenters. The maximum absolute atomic E-state index is 6.28. The molecule has 0 aliphatic carbocycles. The number of halogens is 1. The van der Waals surface area contributed by atoms with Crippen molar-refractivity contribution in [1.82, 2.24) is 0 Å². The van der Waals surface area contributed by atoms with Gasteiger partial charge in [0.1, 0.15) is 0 Å². The van der Waals surface area contributed by atoms with Gasteiger partial charge < -0.3 is 5.73 Å². The van der Waals surface area contributed by atoms with Gasteiger partial charge in [-0.3, -0.25) is 0 Å². The zero-order valence-electron chi connectivity index (χ0n) is 10.9. The Labute approximate surface area is 114 Å². The van der Waals surface area contributed by atoms with E-state index in [9.17, 15) is 0 Å². The zero-order valence-corrected chi connectivity index (χ0v) is 12.4. The van der Waals surface area contributed by atoms with Crippen LogP contribution in [0, 0.1) is 5.92 Å². The summed E-state index contributed by atoms with van der Waals surface area (Å²) in [5.41, 5.74) is 7.32. The number of hydrogen-bond acceptors (Lipinski definition) is 2. The average molecular weight is 272 g/mol. The predicted molar refractivity (Wildman–Crippen MR) is 79.0 cm³/mol. The zero-order chi connectivity index (χ0) is 12.8. The molecule has 2 N–H and O–H groups in total. The molecule has 0 spiro atoms. The molecule has 3 heteroatoms. The van der Waals surface area contributed by atoms with Crippen LogP contribution in [0.3, 0.4) is 0 Å². The molecule has 0 aliphatic rings. The van der Waals surface area contributed by atoms with Crippen LogP contribution in [0.15, 0.2) is 23.1 Å². The molecule has 0 fully saturated rings. The summed E-state index contributed by atoms with van der Waals surface area (Å²) in [5.74, 6) is 1.77. The summed E-state index contributed by atoms with van der Waals surface area (Å²) in [5, 5.41) is 0.858. The van der Waals surface area contributed by atoms with Crippen molar-refractivity contribution in [3.63, 3.8) is 0 Å². The second-order valence-corrected chi connectivity index (χ2v) is 6.24. The molecular formula is C14H22ClNS. The van der Waals surface area contributed by atoms with Gasteiger partial charge >= 0.3 is 0 Å². The van der Waals surface area contributed by atoms with E-state index in [1.54, 1.807) is 0 Å². The molecule has 1 nitrogen and oxygen atoms in total. The quantitative estimate of drug-likeness (QED) is 0.778. The van der Waals surface area contributed by atoms with Gasteiger partial charge in [-0.25, -0.2) is 0 Å². The second kappa shape index (κ2) is 7.30. The van der Waals surface area contributed by atoms with Crippen molar-refractivity contribution in [2.75, 3.05) is 5.75 Å². The van der Waals surface area contributed by atoms with Gasteiger partial charge in [0.25, 0.3) is 0 Å². The van der Waals surface area contributed by atoms with E-state index in [1.165, 1.54) is 10.5 Å². The third-order valence-corrected chi connectivity index (χ3v) is 4.65. The molecule has 17 heavy (non-hydrogen) atoms. The van der Waals surface area contributed by atoms with Gasteiger partial charge in [0.15, 0.2) is 0 Å². The van der Waals surface area contributed by atoms with Crippen LogP contribution in [-0.2, 0) is 6.42 Å². The Morgan fingerprint density at radius 1 is 1.35 bits per heavy atom. The van der Waals surface area contributed by atoms with Crippen molar-refractivity contribution < 1.29 is 0 Å². The normalized spacial score (nSPS) is 13.1. The Bertz CT molecular complexity index is 352. The summed E-state index contributed by atoms with van der Waals surface area (Å²) in [4.78, 5) is 1.21. The lowest BCUT2D eigenvalue weighted by Gasteiger charge is -2.15. The van der Waals surface area contributed by atoms with E-state index in [2.05, 4.69) is 26.8 Å². The molecule has 0 aliphatic heterocycles. The first-order chi connectivity index (χ1) is 8.04. The molecule has 0 saturated heterocycles. The van der Waals surface area contributed by atoms with Crippen LogP contribution in [0.5, 0.6) is 0 Å². The molecule has 1 unspecified atom stereocenters. The smallest absolute Gasteiger partial charge is 0.0544 e. The molecule has 96 valence electrons. The van der Waals surface area contributed by atoms with E-state index in [0.29, 0.717) is 5.92 Å². The highest BCUT2D eigenvalue weighted by Gasteiger charge is 2.11. The lowest BCUT2D eigenvalue weighted by atomic mass is 10.0. The molecule has 0 bridgehead atoms. The van der Waals surface area contributed by atoms with Gasteiger partial charge in [0.2, 0.25) is 0 Å². The van der Waals surface area contributed by atoms with Crippen LogP contribution >= 0.6 is 23.4 Å². The van der Waals surface area contributed by atoms with Gasteiger partial charge in [-0.1, -0.05) is 44.5 Å². The molecule has 0 heterocycles. The number of nitrogens with two attached hydrogens (primary N) is 1. The first kappa shape index (κ1) is 14.9. The fraction of sp³-hybridized carbons (Fsp3) is 0.571. The van der Waals surface area contributed by atoms with E-state index in [0.717, 1.165) is 23.6 Å². The van der Waals surface area contributed by atoms with Crippen molar-refractivity contribution in [1.29, 1.82) is 0 Å². The minimum atomic E-state index is 0.229. The largest absolute Gasteiger partial charge is 0.327 e. The van der Waals surface area contributed by atoms with E-state index in [4.69, 9.17) is 17.3 Å². The van der Waals surface area contributed by atoms with Crippen LogP contribution < -0.4 is 5.73 Å². The SMILES string of the molecule is CCC(N)Cc1cccc(Cl)c1SCC(C)C. The number of benzene rings is 1. The minimum absolute atomic E-state index is 0.229. The first-order valence-corrected chi connectivity index (χ1v) is 7.56. The van der Waals surface area contributed by atoms with Gasteiger partial charge in [-0.2, -0.15) is 0 Å². The third kappa shape index (κ3) is 4.90. The average Bonchev–Trinajstić information content (AvgIpc) is 2.27. The van der Waals surface area contributed by atoms with E-state index in [1.807, 2.05) is 23.9 Å². The summed E-state index contributed by atoms with van der Waals surface area (Å²) >= 11 is 8.12. The first-order valence-electron chi connectivity index (χ1n) is 6.20. The molecular weight excluding hydrogens is 250 g/mol. The van der Waals surface area contributed by atoms with Crippen molar-refractivity contribution >= 4 is 23.4 Å². The highest BCUT2D eigenvalue weighted by atomic mass is 35.5. The topological polar surface area (TPSA) is 26.0 Å². The Morgan fingerprint density at radius 2 is 2.06 bits per heavy atom. The molecule has 0 aromatic heterocycles. The van der Waals surface area contributed by atoms with Crippen molar-refractivity contribution in [2.24, 2.45) is 11.7 Å². The molecule has 1 rings (SSSR count). The highest BCUT2D eigenvalue weighted by Crippen LogP contribution is 2.32. The van der Waals surface area contributed by atoms with Gasteiger partial charge in [0, 0.05) is 16.7 Å². The lowest BCUT2D eigenvalue weighted by molar-refractivity contribution is 0.641. The Hall–Kier alpha value is -0.180. The standard InChI is InChI=1S/C14H22ClNS/c1-4-12(16)8-11-6-5-7-13(15)14(11)17-9-10(2)3/h5-7,10,12H,4,8-9,16H2,1-3H3. The van der Waals surface area contributed by atoms with Crippen LogP contribution in [-0.4, -0.2) is 11.8 Å².